The lowest BCUT2D eigenvalue weighted by molar-refractivity contribution is -0.150. The molecule has 0 unspecified atom stereocenters. The topological polar surface area (TPSA) is 148 Å². The van der Waals surface area contributed by atoms with E-state index < -0.39 is 48.0 Å². The summed E-state index contributed by atoms with van der Waals surface area (Å²) >= 11 is 0. The predicted octanol–water partition coefficient (Wildman–Crippen LogP) is 1.61. The van der Waals surface area contributed by atoms with Crippen molar-refractivity contribution in [2.75, 3.05) is 6.54 Å². The Labute approximate surface area is 215 Å². The summed E-state index contributed by atoms with van der Waals surface area (Å²) in [5.41, 5.74) is 7.66. The van der Waals surface area contributed by atoms with Crippen molar-refractivity contribution < 1.29 is 33.8 Å². The number of nitrogens with one attached hydrogen (secondary N) is 1. The molecule has 0 bridgehead atoms. The fraction of sp³-hybridized carbons (Fsp3) is 0.407. The third-order valence-electron chi connectivity index (χ3n) is 6.17. The standard InChI is InChI=1S/C27H33N3O7/c1-18(36-16-19-9-4-2-5-10-19)24(27(34)35)29-25(32)22-13-8-14-30(22)26(33)21(28)15-23(31)37-17-20-11-6-3-7-12-20/h2-7,9-12,18,21-22,24H,8,13-17,28H2,1H3,(H,29,32)(H,34,35)/t18-,21+,22+,24+/m1/s1. The number of nitrogens with two attached hydrogens (primary N) is 1. The zero-order chi connectivity index (χ0) is 26.8. The number of hydrogen-bond donors (Lipinski definition) is 3. The van der Waals surface area contributed by atoms with Crippen molar-refractivity contribution in [1.29, 1.82) is 0 Å². The first-order valence-corrected chi connectivity index (χ1v) is 12.2. The number of carboxylic acid groups (broad SMARTS) is 1. The van der Waals surface area contributed by atoms with Crippen molar-refractivity contribution in [3.05, 3.63) is 71.8 Å². The molecular formula is C27H33N3O7. The van der Waals surface area contributed by atoms with Gasteiger partial charge in [0.15, 0.2) is 6.04 Å². The smallest absolute Gasteiger partial charge is 0.328 e. The molecular weight excluding hydrogens is 478 g/mol. The molecule has 2 aromatic rings. The summed E-state index contributed by atoms with van der Waals surface area (Å²) in [6, 6.07) is 15.0. The van der Waals surface area contributed by atoms with E-state index in [2.05, 4.69) is 5.32 Å². The van der Waals surface area contributed by atoms with Gasteiger partial charge in [-0.1, -0.05) is 60.7 Å². The van der Waals surface area contributed by atoms with E-state index in [1.807, 2.05) is 60.7 Å². The van der Waals surface area contributed by atoms with E-state index in [4.69, 9.17) is 15.2 Å². The van der Waals surface area contributed by atoms with E-state index in [1.165, 1.54) is 4.90 Å². The van der Waals surface area contributed by atoms with E-state index in [-0.39, 0.29) is 26.2 Å². The Hall–Kier alpha value is -3.76. The minimum Gasteiger partial charge on any atom is -0.480 e. The molecule has 4 atom stereocenters. The first kappa shape index (κ1) is 27.8. The first-order chi connectivity index (χ1) is 17.8. The van der Waals surface area contributed by atoms with Gasteiger partial charge in [0, 0.05) is 6.54 Å². The Morgan fingerprint density at radius 2 is 1.62 bits per heavy atom. The summed E-state index contributed by atoms with van der Waals surface area (Å²) in [5, 5.41) is 12.2. The van der Waals surface area contributed by atoms with Crippen LogP contribution in [-0.2, 0) is 41.9 Å². The highest BCUT2D eigenvalue weighted by molar-refractivity contribution is 5.93. The average Bonchev–Trinajstić information content (AvgIpc) is 3.40. The zero-order valence-corrected chi connectivity index (χ0v) is 20.7. The van der Waals surface area contributed by atoms with Gasteiger partial charge < -0.3 is 30.5 Å². The van der Waals surface area contributed by atoms with Gasteiger partial charge in [-0.3, -0.25) is 14.4 Å². The van der Waals surface area contributed by atoms with Crippen LogP contribution in [0.5, 0.6) is 0 Å². The predicted molar refractivity (Wildman–Crippen MR) is 134 cm³/mol. The van der Waals surface area contributed by atoms with Gasteiger partial charge >= 0.3 is 11.9 Å². The third kappa shape index (κ3) is 8.12. The molecule has 0 spiro atoms. The van der Waals surface area contributed by atoms with Gasteiger partial charge in [0.1, 0.15) is 12.6 Å². The van der Waals surface area contributed by atoms with Crippen LogP contribution in [0.15, 0.2) is 60.7 Å². The normalized spacial score (nSPS) is 17.5. The SMILES string of the molecule is C[C@@H](OCc1ccccc1)[C@H](NC(=O)[C@@H]1CCCN1C(=O)[C@@H](N)CC(=O)OCc1ccccc1)C(=O)O. The number of likely N-dealkylation sites (tertiary alicyclic amines) is 1. The van der Waals surface area contributed by atoms with E-state index in [1.54, 1.807) is 6.92 Å². The van der Waals surface area contributed by atoms with Crippen LogP contribution < -0.4 is 11.1 Å². The van der Waals surface area contributed by atoms with Gasteiger partial charge in [-0.25, -0.2) is 4.79 Å². The van der Waals surface area contributed by atoms with Gasteiger partial charge in [-0.05, 0) is 30.9 Å². The molecule has 198 valence electrons. The number of esters is 1. The Morgan fingerprint density at radius 3 is 2.22 bits per heavy atom. The molecule has 1 heterocycles. The van der Waals surface area contributed by atoms with Crippen LogP contribution in [0.25, 0.3) is 0 Å². The van der Waals surface area contributed by atoms with Crippen molar-refractivity contribution in [3.8, 4) is 0 Å². The maximum Gasteiger partial charge on any atom is 0.328 e. The molecule has 37 heavy (non-hydrogen) atoms. The minimum atomic E-state index is -1.31. The summed E-state index contributed by atoms with van der Waals surface area (Å²) in [6.07, 6.45) is -0.256. The van der Waals surface area contributed by atoms with Crippen LogP contribution >= 0.6 is 0 Å². The Balaban J connectivity index is 1.53. The summed E-state index contributed by atoms with van der Waals surface area (Å²) in [6.45, 7) is 2.10. The lowest BCUT2D eigenvalue weighted by Gasteiger charge is -2.29. The second-order valence-electron chi connectivity index (χ2n) is 8.97. The van der Waals surface area contributed by atoms with Crippen molar-refractivity contribution in [3.63, 3.8) is 0 Å². The second-order valence-corrected chi connectivity index (χ2v) is 8.97. The lowest BCUT2D eigenvalue weighted by atomic mass is 10.1. The van der Waals surface area contributed by atoms with E-state index >= 15 is 0 Å². The van der Waals surface area contributed by atoms with Crippen LogP contribution in [0.3, 0.4) is 0 Å². The van der Waals surface area contributed by atoms with Gasteiger partial charge in [0.25, 0.3) is 0 Å². The van der Waals surface area contributed by atoms with Crippen LogP contribution in [0.2, 0.25) is 0 Å². The second kappa shape index (κ2) is 13.5. The highest BCUT2D eigenvalue weighted by Gasteiger charge is 2.39. The average molecular weight is 512 g/mol. The van der Waals surface area contributed by atoms with Crippen LogP contribution in [-0.4, -0.2) is 64.5 Å². The number of ether oxygens (including phenoxy) is 2. The number of rotatable bonds is 12. The van der Waals surface area contributed by atoms with Crippen molar-refractivity contribution >= 4 is 23.8 Å². The van der Waals surface area contributed by atoms with Crippen molar-refractivity contribution in [1.82, 2.24) is 10.2 Å². The maximum atomic E-state index is 13.0. The molecule has 1 saturated heterocycles. The molecule has 2 amide bonds. The van der Waals surface area contributed by atoms with E-state index in [0.717, 1.165) is 11.1 Å². The number of carbonyl (C=O) groups excluding carboxylic acids is 3. The summed E-state index contributed by atoms with van der Waals surface area (Å²) < 4.78 is 10.9. The number of amides is 2. The minimum absolute atomic E-state index is 0.0659. The maximum absolute atomic E-state index is 13.0. The van der Waals surface area contributed by atoms with Crippen LogP contribution in [0, 0.1) is 0 Å². The van der Waals surface area contributed by atoms with Gasteiger partial charge in [0.05, 0.1) is 25.2 Å². The number of carbonyl (C=O) groups is 4. The van der Waals surface area contributed by atoms with Crippen molar-refractivity contribution in [2.24, 2.45) is 5.73 Å². The van der Waals surface area contributed by atoms with Gasteiger partial charge in [0.2, 0.25) is 11.8 Å². The zero-order valence-electron chi connectivity index (χ0n) is 20.7. The molecule has 1 fully saturated rings. The molecule has 3 rings (SSSR count). The Morgan fingerprint density at radius 1 is 1.03 bits per heavy atom. The fourth-order valence-electron chi connectivity index (χ4n) is 4.11. The molecule has 2 aromatic carbocycles. The molecule has 0 aliphatic carbocycles. The summed E-state index contributed by atoms with van der Waals surface area (Å²) in [5.74, 6) is -3.04. The van der Waals surface area contributed by atoms with Crippen molar-refractivity contribution in [2.45, 2.75) is 63.6 Å². The number of hydrogen-bond acceptors (Lipinski definition) is 7. The number of aliphatic carboxylic acids is 1. The largest absolute Gasteiger partial charge is 0.480 e. The number of benzene rings is 2. The molecule has 1 aliphatic rings. The van der Waals surface area contributed by atoms with Crippen LogP contribution in [0.4, 0.5) is 0 Å². The summed E-state index contributed by atoms with van der Waals surface area (Å²) in [7, 11) is 0. The van der Waals surface area contributed by atoms with Gasteiger partial charge in [-0.15, -0.1) is 0 Å². The number of carboxylic acids is 1. The Bertz CT molecular complexity index is 1060. The van der Waals surface area contributed by atoms with E-state index in [9.17, 15) is 24.3 Å². The molecule has 10 nitrogen and oxygen atoms in total. The van der Waals surface area contributed by atoms with E-state index in [0.29, 0.717) is 12.8 Å². The lowest BCUT2D eigenvalue weighted by Crippen LogP contribution is -2.56. The fourth-order valence-corrected chi connectivity index (χ4v) is 4.11. The molecule has 1 aliphatic heterocycles. The summed E-state index contributed by atoms with van der Waals surface area (Å²) in [4.78, 5) is 51.3. The quantitative estimate of drug-likeness (QED) is 0.364. The number of nitrogens with zero attached hydrogens (tertiary/aromatic N) is 1. The highest BCUT2D eigenvalue weighted by atomic mass is 16.5. The molecule has 0 radical (unpaired) electrons. The molecule has 0 aromatic heterocycles. The molecule has 10 heteroatoms. The first-order valence-electron chi connectivity index (χ1n) is 12.2. The highest BCUT2D eigenvalue weighted by Crippen LogP contribution is 2.20. The molecule has 4 N–H and O–H groups in total. The van der Waals surface area contributed by atoms with Crippen LogP contribution in [0.1, 0.15) is 37.3 Å². The third-order valence-corrected chi connectivity index (χ3v) is 6.17. The monoisotopic (exact) mass is 511 g/mol. The Kier molecular flexibility index (Phi) is 10.2. The molecule has 0 saturated carbocycles. The van der Waals surface area contributed by atoms with Gasteiger partial charge in [-0.2, -0.15) is 0 Å².